The highest BCUT2D eigenvalue weighted by Gasteiger charge is 2.40. The van der Waals surface area contributed by atoms with Gasteiger partial charge in [-0.15, -0.1) is 11.3 Å². The Balaban J connectivity index is 1.60. The molecule has 4 atom stereocenters. The predicted octanol–water partition coefficient (Wildman–Crippen LogP) is 8.14. The van der Waals surface area contributed by atoms with Gasteiger partial charge in [-0.2, -0.15) is 0 Å². The number of carbonyl (C=O) groups excluding carboxylic acids is 1. The van der Waals surface area contributed by atoms with Gasteiger partial charge < -0.3 is 9.74 Å². The molecule has 2 heterocycles. The molecular weight excluding hydrogens is 518 g/mol. The van der Waals surface area contributed by atoms with E-state index in [2.05, 4.69) is 74.8 Å². The van der Waals surface area contributed by atoms with Crippen LogP contribution in [0.25, 0.3) is 0 Å². The largest absolute Gasteiger partial charge is 0.399 e. The van der Waals surface area contributed by atoms with E-state index in [-0.39, 0.29) is 10.8 Å². The van der Waals surface area contributed by atoms with Crippen molar-refractivity contribution in [1.82, 2.24) is 9.97 Å². The van der Waals surface area contributed by atoms with Crippen LogP contribution in [0.1, 0.15) is 93.6 Å². The van der Waals surface area contributed by atoms with E-state index in [1.807, 2.05) is 6.07 Å². The average Bonchev–Trinajstić information content (AvgIpc) is 3.48. The molecule has 5 nitrogen and oxygen atoms in total. The highest BCUT2D eigenvalue weighted by Crippen LogP contribution is 2.43. The number of thiophene rings is 1. The van der Waals surface area contributed by atoms with Crippen LogP contribution in [0, 0.1) is 29.6 Å². The van der Waals surface area contributed by atoms with Gasteiger partial charge in [0.05, 0.1) is 10.4 Å². The van der Waals surface area contributed by atoms with Gasteiger partial charge in [-0.25, -0.2) is 9.97 Å². The van der Waals surface area contributed by atoms with Gasteiger partial charge in [-0.05, 0) is 61.7 Å². The molecule has 0 aromatic carbocycles. The van der Waals surface area contributed by atoms with Crippen molar-refractivity contribution in [2.75, 3.05) is 5.32 Å². The standard InChI is InChI=1S/C29H40ClN3O2SSi/c1-8-20-14-21(13-18(20)2)33-28-23(16-31-17-32-28)26(34)25-15-22(27(30)36-25)24(12-11-19-9-10-19)35-37(6,7)29(3,4)5/h15-21,24H,8-10,13-14H2,1-7H3,(H,31,32,33)/t18-,20-,21-,24?/m0/s1. The maximum absolute atomic E-state index is 13.7. The summed E-state index contributed by atoms with van der Waals surface area (Å²) in [7, 11) is -2.12. The van der Waals surface area contributed by atoms with Gasteiger partial charge in [0, 0.05) is 23.7 Å². The molecule has 1 unspecified atom stereocenters. The lowest BCUT2D eigenvalue weighted by molar-refractivity contribution is 0.104. The summed E-state index contributed by atoms with van der Waals surface area (Å²) >= 11 is 8.04. The molecule has 0 bridgehead atoms. The zero-order chi connectivity index (χ0) is 27.0. The third kappa shape index (κ3) is 6.65. The molecule has 2 saturated carbocycles. The van der Waals surface area contributed by atoms with Crippen molar-refractivity contribution < 1.29 is 9.22 Å². The van der Waals surface area contributed by atoms with Crippen LogP contribution in [-0.2, 0) is 4.43 Å². The lowest BCUT2D eigenvalue weighted by Crippen LogP contribution is -2.41. The summed E-state index contributed by atoms with van der Waals surface area (Å²) in [6, 6.07) is 2.18. The Labute approximate surface area is 232 Å². The van der Waals surface area contributed by atoms with Gasteiger partial charge in [0.1, 0.15) is 22.6 Å². The van der Waals surface area contributed by atoms with Gasteiger partial charge in [-0.3, -0.25) is 4.79 Å². The second-order valence-electron chi connectivity index (χ2n) is 12.2. The Morgan fingerprint density at radius 2 is 2.05 bits per heavy atom. The molecule has 200 valence electrons. The highest BCUT2D eigenvalue weighted by atomic mass is 35.5. The molecule has 2 fully saturated rings. The number of nitrogens with one attached hydrogen (secondary N) is 1. The Morgan fingerprint density at radius 3 is 2.68 bits per heavy atom. The van der Waals surface area contributed by atoms with E-state index in [9.17, 15) is 4.79 Å². The van der Waals surface area contributed by atoms with Gasteiger partial charge >= 0.3 is 0 Å². The van der Waals surface area contributed by atoms with Gasteiger partial charge in [0.25, 0.3) is 0 Å². The Bertz CT molecular complexity index is 1190. The summed E-state index contributed by atoms with van der Waals surface area (Å²) in [5, 5.41) is 3.58. The van der Waals surface area contributed by atoms with Gasteiger partial charge in [-0.1, -0.05) is 64.5 Å². The fraction of sp³-hybridized carbons (Fsp3) is 0.621. The predicted molar refractivity (Wildman–Crippen MR) is 156 cm³/mol. The fourth-order valence-electron chi connectivity index (χ4n) is 4.70. The monoisotopic (exact) mass is 557 g/mol. The first-order valence-corrected chi connectivity index (χ1v) is 17.6. The van der Waals surface area contributed by atoms with Crippen molar-refractivity contribution in [3.8, 4) is 11.8 Å². The van der Waals surface area contributed by atoms with Crippen LogP contribution in [0.4, 0.5) is 5.82 Å². The lowest BCUT2D eigenvalue weighted by atomic mass is 9.96. The van der Waals surface area contributed by atoms with Crippen LogP contribution < -0.4 is 5.32 Å². The molecule has 2 aromatic heterocycles. The van der Waals surface area contributed by atoms with E-state index >= 15 is 0 Å². The molecule has 8 heteroatoms. The number of halogens is 1. The number of nitrogens with zero attached hydrogens (tertiary/aromatic N) is 2. The van der Waals surface area contributed by atoms with Crippen molar-refractivity contribution >= 4 is 42.9 Å². The Morgan fingerprint density at radius 1 is 1.32 bits per heavy atom. The summed E-state index contributed by atoms with van der Waals surface area (Å²) < 4.78 is 7.28. The summed E-state index contributed by atoms with van der Waals surface area (Å²) in [5.74, 6) is 9.02. The van der Waals surface area contributed by atoms with E-state index in [4.69, 9.17) is 16.0 Å². The number of rotatable bonds is 8. The van der Waals surface area contributed by atoms with Crippen LogP contribution in [0.5, 0.6) is 0 Å². The second kappa shape index (κ2) is 11.2. The van der Waals surface area contributed by atoms with Crippen LogP contribution in [0.15, 0.2) is 18.6 Å². The van der Waals surface area contributed by atoms with E-state index in [1.54, 1.807) is 6.20 Å². The number of ketones is 1. The summed E-state index contributed by atoms with van der Waals surface area (Å²) in [6.45, 7) is 15.6. The quantitative estimate of drug-likeness (QED) is 0.201. The van der Waals surface area contributed by atoms with Gasteiger partial charge in [0.15, 0.2) is 8.32 Å². The summed E-state index contributed by atoms with van der Waals surface area (Å²) in [4.78, 5) is 22.9. The molecule has 1 N–H and O–H groups in total. The van der Waals surface area contributed by atoms with Crippen LogP contribution >= 0.6 is 22.9 Å². The molecule has 0 saturated heterocycles. The smallest absolute Gasteiger partial charge is 0.208 e. The maximum atomic E-state index is 13.7. The van der Waals surface area contributed by atoms with Gasteiger partial charge in [0.2, 0.25) is 5.78 Å². The number of aromatic nitrogens is 2. The first kappa shape index (κ1) is 28.3. The molecule has 0 amide bonds. The second-order valence-corrected chi connectivity index (χ2v) is 18.6. The summed E-state index contributed by atoms with van der Waals surface area (Å²) in [6.07, 6.45) is 8.30. The average molecular weight is 558 g/mol. The van der Waals surface area contributed by atoms with Crippen LogP contribution in [0.2, 0.25) is 22.5 Å². The van der Waals surface area contributed by atoms with Crippen LogP contribution in [0.3, 0.4) is 0 Å². The number of hydrogen-bond acceptors (Lipinski definition) is 6. The zero-order valence-electron chi connectivity index (χ0n) is 23.2. The Kier molecular flexibility index (Phi) is 8.54. The minimum atomic E-state index is -2.12. The zero-order valence-corrected chi connectivity index (χ0v) is 25.7. The minimum Gasteiger partial charge on any atom is -0.399 e. The van der Waals surface area contributed by atoms with Crippen molar-refractivity contribution in [1.29, 1.82) is 0 Å². The van der Waals surface area contributed by atoms with Crippen molar-refractivity contribution in [3.63, 3.8) is 0 Å². The van der Waals surface area contributed by atoms with Crippen molar-refractivity contribution in [2.45, 2.75) is 97.0 Å². The van der Waals surface area contributed by atoms with E-state index < -0.39 is 14.4 Å². The van der Waals surface area contributed by atoms with Crippen molar-refractivity contribution in [2.24, 2.45) is 17.8 Å². The number of carbonyl (C=O) groups is 1. The molecule has 2 aromatic rings. The molecule has 0 radical (unpaired) electrons. The Hall–Kier alpha value is -1.72. The molecular formula is C29H40ClN3O2SSi. The summed E-state index contributed by atoms with van der Waals surface area (Å²) in [5.41, 5.74) is 1.26. The molecule has 4 rings (SSSR count). The third-order valence-electron chi connectivity index (χ3n) is 8.30. The first-order chi connectivity index (χ1) is 17.4. The third-order valence-corrected chi connectivity index (χ3v) is 14.1. The first-order valence-electron chi connectivity index (χ1n) is 13.5. The SMILES string of the molecule is CC[C@H]1C[C@@H](Nc2ncncc2C(=O)c2cc(C(C#CC3CC3)O[Si](C)(C)C(C)(C)C)c(Cl)s2)C[C@@H]1C. The molecule has 2 aliphatic carbocycles. The van der Waals surface area contributed by atoms with Crippen molar-refractivity contribution in [3.05, 3.63) is 38.9 Å². The molecule has 0 spiro atoms. The van der Waals surface area contributed by atoms with E-state index in [0.717, 1.165) is 31.2 Å². The number of anilines is 1. The number of hydrogen-bond donors (Lipinski definition) is 1. The lowest BCUT2D eigenvalue weighted by Gasteiger charge is -2.38. The van der Waals surface area contributed by atoms with Crippen LogP contribution in [-0.4, -0.2) is 30.1 Å². The normalized spacial score (nSPS) is 22.9. The maximum Gasteiger partial charge on any atom is 0.208 e. The molecule has 37 heavy (non-hydrogen) atoms. The topological polar surface area (TPSA) is 64.1 Å². The molecule has 0 aliphatic heterocycles. The minimum absolute atomic E-state index is 0.0319. The van der Waals surface area contributed by atoms with E-state index in [0.29, 0.717) is 44.4 Å². The highest BCUT2D eigenvalue weighted by molar-refractivity contribution is 7.18. The van der Waals surface area contributed by atoms with E-state index in [1.165, 1.54) is 24.1 Å². The molecule has 2 aliphatic rings. The fourth-order valence-corrected chi connectivity index (χ4v) is 7.09.